The highest BCUT2D eigenvalue weighted by atomic mass is 79.9. The van der Waals surface area contributed by atoms with Crippen LogP contribution in [0, 0.1) is 5.92 Å². The molecule has 0 unspecified atom stereocenters. The second kappa shape index (κ2) is 7.41. The Morgan fingerprint density at radius 3 is 2.75 bits per heavy atom. The van der Waals surface area contributed by atoms with Crippen LogP contribution in [0.3, 0.4) is 0 Å². The van der Waals surface area contributed by atoms with Gasteiger partial charge in [0.2, 0.25) is 0 Å². The van der Waals surface area contributed by atoms with E-state index in [1.165, 1.54) is 31.2 Å². The Morgan fingerprint density at radius 1 is 1.40 bits per heavy atom. The maximum absolute atomic E-state index is 4.64. The molecule has 1 heterocycles. The molecule has 1 aliphatic carbocycles. The molecule has 4 heteroatoms. The van der Waals surface area contributed by atoms with Gasteiger partial charge in [0.15, 0.2) is 0 Å². The Hall–Kier alpha value is -0.610. The molecular weight excluding hydrogens is 314 g/mol. The van der Waals surface area contributed by atoms with Gasteiger partial charge in [0.05, 0.1) is 0 Å². The standard InChI is InChI=1S/C16H26BrN3/c1-12(2)18-9-14-8-15(17)10-19-16(14)20(3)11-13-6-4-5-7-13/h8,10,12-13,18H,4-7,9,11H2,1-3H3. The van der Waals surface area contributed by atoms with Crippen LogP contribution in [0.25, 0.3) is 0 Å². The molecule has 0 aromatic carbocycles. The molecule has 0 amide bonds. The van der Waals surface area contributed by atoms with Crippen molar-refractivity contribution in [3.63, 3.8) is 0 Å². The van der Waals surface area contributed by atoms with E-state index in [0.717, 1.165) is 29.3 Å². The Balaban J connectivity index is 2.07. The fourth-order valence-electron chi connectivity index (χ4n) is 2.93. The third-order valence-corrected chi connectivity index (χ3v) is 4.41. The number of nitrogens with zero attached hydrogens (tertiary/aromatic N) is 2. The Labute approximate surface area is 131 Å². The molecule has 0 saturated heterocycles. The van der Waals surface area contributed by atoms with Crippen molar-refractivity contribution < 1.29 is 0 Å². The fourth-order valence-corrected chi connectivity index (χ4v) is 3.31. The van der Waals surface area contributed by atoms with E-state index in [2.05, 4.69) is 58.1 Å². The second-order valence-corrected chi connectivity index (χ2v) is 7.12. The zero-order valence-corrected chi connectivity index (χ0v) is 14.4. The molecule has 3 nitrogen and oxygen atoms in total. The summed E-state index contributed by atoms with van der Waals surface area (Å²) in [5.41, 5.74) is 1.27. The molecule has 1 aromatic heterocycles. The predicted octanol–water partition coefficient (Wildman–Crippen LogP) is 3.97. The molecule has 0 radical (unpaired) electrons. The largest absolute Gasteiger partial charge is 0.359 e. The van der Waals surface area contributed by atoms with Crippen molar-refractivity contribution in [3.8, 4) is 0 Å². The van der Waals surface area contributed by atoms with Gasteiger partial charge < -0.3 is 10.2 Å². The summed E-state index contributed by atoms with van der Waals surface area (Å²) in [5.74, 6) is 1.96. The number of halogens is 1. The van der Waals surface area contributed by atoms with Gasteiger partial charge in [-0.3, -0.25) is 0 Å². The highest BCUT2D eigenvalue weighted by Crippen LogP contribution is 2.28. The van der Waals surface area contributed by atoms with Gasteiger partial charge in [-0.05, 0) is 40.8 Å². The van der Waals surface area contributed by atoms with Gasteiger partial charge >= 0.3 is 0 Å². The summed E-state index contributed by atoms with van der Waals surface area (Å²) in [4.78, 5) is 6.97. The molecule has 0 bridgehead atoms. The van der Waals surface area contributed by atoms with Gasteiger partial charge in [-0.25, -0.2) is 4.98 Å². The molecule has 2 rings (SSSR count). The first kappa shape index (κ1) is 15.8. The molecule has 20 heavy (non-hydrogen) atoms. The fraction of sp³-hybridized carbons (Fsp3) is 0.688. The van der Waals surface area contributed by atoms with E-state index < -0.39 is 0 Å². The summed E-state index contributed by atoms with van der Waals surface area (Å²) >= 11 is 3.53. The summed E-state index contributed by atoms with van der Waals surface area (Å²) < 4.78 is 1.05. The van der Waals surface area contributed by atoms with Gasteiger partial charge in [-0.2, -0.15) is 0 Å². The molecular formula is C16H26BrN3. The average Bonchev–Trinajstić information content (AvgIpc) is 2.89. The summed E-state index contributed by atoms with van der Waals surface area (Å²) in [6.07, 6.45) is 7.45. The number of nitrogens with one attached hydrogen (secondary N) is 1. The van der Waals surface area contributed by atoms with Crippen molar-refractivity contribution in [1.82, 2.24) is 10.3 Å². The lowest BCUT2D eigenvalue weighted by Crippen LogP contribution is -2.28. The van der Waals surface area contributed by atoms with Crippen molar-refractivity contribution in [2.75, 3.05) is 18.5 Å². The van der Waals surface area contributed by atoms with Crippen LogP contribution in [-0.4, -0.2) is 24.6 Å². The molecule has 0 atom stereocenters. The average molecular weight is 340 g/mol. The Bertz CT molecular complexity index is 428. The molecule has 1 aliphatic rings. The second-order valence-electron chi connectivity index (χ2n) is 6.20. The summed E-state index contributed by atoms with van der Waals surface area (Å²) in [6, 6.07) is 2.67. The van der Waals surface area contributed by atoms with Gasteiger partial charge in [-0.1, -0.05) is 26.7 Å². The summed E-state index contributed by atoms with van der Waals surface area (Å²) in [6.45, 7) is 6.35. The molecule has 1 saturated carbocycles. The van der Waals surface area contributed by atoms with Gasteiger partial charge in [0.1, 0.15) is 5.82 Å². The van der Waals surface area contributed by atoms with E-state index in [-0.39, 0.29) is 0 Å². The number of rotatable bonds is 6. The van der Waals surface area contributed by atoms with E-state index in [1.807, 2.05) is 6.20 Å². The summed E-state index contributed by atoms with van der Waals surface area (Å²) in [5, 5.41) is 3.49. The molecule has 0 aliphatic heterocycles. The van der Waals surface area contributed by atoms with Crippen LogP contribution >= 0.6 is 15.9 Å². The number of hydrogen-bond acceptors (Lipinski definition) is 3. The first-order valence-corrected chi connectivity index (χ1v) is 8.44. The van der Waals surface area contributed by atoms with E-state index >= 15 is 0 Å². The maximum Gasteiger partial charge on any atom is 0.132 e. The van der Waals surface area contributed by atoms with E-state index in [4.69, 9.17) is 0 Å². The van der Waals surface area contributed by atoms with Gasteiger partial charge in [0.25, 0.3) is 0 Å². The molecule has 1 N–H and O–H groups in total. The van der Waals surface area contributed by atoms with Crippen molar-refractivity contribution in [2.24, 2.45) is 5.92 Å². The number of pyridine rings is 1. The highest BCUT2D eigenvalue weighted by Gasteiger charge is 2.19. The first-order valence-electron chi connectivity index (χ1n) is 7.65. The van der Waals surface area contributed by atoms with Crippen LogP contribution in [0.2, 0.25) is 0 Å². The van der Waals surface area contributed by atoms with E-state index in [0.29, 0.717) is 6.04 Å². The quantitative estimate of drug-likeness (QED) is 0.849. The first-order chi connectivity index (χ1) is 9.56. The minimum absolute atomic E-state index is 0.488. The topological polar surface area (TPSA) is 28.2 Å². The van der Waals surface area contributed by atoms with Crippen LogP contribution in [0.1, 0.15) is 45.1 Å². The Morgan fingerprint density at radius 2 is 2.10 bits per heavy atom. The monoisotopic (exact) mass is 339 g/mol. The lowest BCUT2D eigenvalue weighted by molar-refractivity contribution is 0.541. The molecule has 112 valence electrons. The van der Waals surface area contributed by atoms with Crippen molar-refractivity contribution in [1.29, 1.82) is 0 Å². The Kier molecular flexibility index (Phi) is 5.85. The van der Waals surface area contributed by atoms with E-state index in [9.17, 15) is 0 Å². The van der Waals surface area contributed by atoms with Crippen LogP contribution < -0.4 is 10.2 Å². The molecule has 1 fully saturated rings. The summed E-state index contributed by atoms with van der Waals surface area (Å²) in [7, 11) is 2.17. The lowest BCUT2D eigenvalue weighted by atomic mass is 10.1. The van der Waals surface area contributed by atoms with Gasteiger partial charge in [-0.15, -0.1) is 0 Å². The third-order valence-electron chi connectivity index (χ3n) is 3.98. The normalized spacial score (nSPS) is 16.1. The maximum atomic E-state index is 4.64. The number of aromatic nitrogens is 1. The third kappa shape index (κ3) is 4.45. The van der Waals surface area contributed by atoms with Crippen LogP contribution in [0.15, 0.2) is 16.7 Å². The number of hydrogen-bond donors (Lipinski definition) is 1. The molecule has 0 spiro atoms. The number of anilines is 1. The van der Waals surface area contributed by atoms with Gasteiger partial charge in [0, 0.05) is 42.4 Å². The highest BCUT2D eigenvalue weighted by molar-refractivity contribution is 9.10. The minimum atomic E-state index is 0.488. The van der Waals surface area contributed by atoms with Crippen LogP contribution in [0.4, 0.5) is 5.82 Å². The van der Waals surface area contributed by atoms with Crippen molar-refractivity contribution >= 4 is 21.7 Å². The van der Waals surface area contributed by atoms with Crippen LogP contribution in [0.5, 0.6) is 0 Å². The zero-order valence-electron chi connectivity index (χ0n) is 12.8. The smallest absolute Gasteiger partial charge is 0.132 e. The predicted molar refractivity (Wildman–Crippen MR) is 89.1 cm³/mol. The zero-order chi connectivity index (χ0) is 14.5. The lowest BCUT2D eigenvalue weighted by Gasteiger charge is -2.25. The van der Waals surface area contributed by atoms with Crippen molar-refractivity contribution in [2.45, 2.75) is 52.1 Å². The van der Waals surface area contributed by atoms with Crippen LogP contribution in [-0.2, 0) is 6.54 Å². The SMILES string of the molecule is CC(C)NCc1cc(Br)cnc1N(C)CC1CCCC1. The minimum Gasteiger partial charge on any atom is -0.359 e. The van der Waals surface area contributed by atoms with E-state index in [1.54, 1.807) is 0 Å². The van der Waals surface area contributed by atoms with Crippen molar-refractivity contribution in [3.05, 3.63) is 22.3 Å². The molecule has 1 aromatic rings.